The van der Waals surface area contributed by atoms with Crippen molar-refractivity contribution in [2.45, 2.75) is 32.2 Å². The van der Waals surface area contributed by atoms with Crippen LogP contribution >= 0.6 is 0 Å². The Balaban J connectivity index is 2.39. The number of hydrogen-bond acceptors (Lipinski definition) is 3. The first-order valence-electron chi connectivity index (χ1n) is 5.02. The number of imide groups is 1. The molecule has 1 saturated heterocycles. The lowest BCUT2D eigenvalue weighted by Crippen LogP contribution is -2.51. The summed E-state index contributed by atoms with van der Waals surface area (Å²) in [4.78, 5) is 22.1. The summed E-state index contributed by atoms with van der Waals surface area (Å²) in [7, 11) is 0. The van der Waals surface area contributed by atoms with Crippen LogP contribution in [0.15, 0.2) is 11.9 Å². The SMILES string of the molecule is CC/C(=C/F)CNC1CCC(=O)NC1=O. The van der Waals surface area contributed by atoms with Gasteiger partial charge in [-0.1, -0.05) is 6.92 Å². The molecular formula is C10H15FN2O2. The molecule has 1 rings (SSSR count). The lowest BCUT2D eigenvalue weighted by atomic mass is 10.1. The van der Waals surface area contributed by atoms with Crippen molar-refractivity contribution in [3.05, 3.63) is 11.9 Å². The Labute approximate surface area is 87.9 Å². The van der Waals surface area contributed by atoms with Crippen molar-refractivity contribution < 1.29 is 14.0 Å². The quantitative estimate of drug-likeness (QED) is 0.675. The van der Waals surface area contributed by atoms with E-state index < -0.39 is 0 Å². The van der Waals surface area contributed by atoms with Crippen molar-refractivity contribution in [2.24, 2.45) is 0 Å². The summed E-state index contributed by atoms with van der Waals surface area (Å²) in [5.74, 6) is -0.560. The molecule has 0 aromatic carbocycles. The number of nitrogens with one attached hydrogen (secondary N) is 2. The van der Waals surface area contributed by atoms with Crippen LogP contribution in [0.4, 0.5) is 4.39 Å². The predicted molar refractivity (Wildman–Crippen MR) is 53.7 cm³/mol. The molecule has 15 heavy (non-hydrogen) atoms. The van der Waals surface area contributed by atoms with Gasteiger partial charge in [0.25, 0.3) is 0 Å². The van der Waals surface area contributed by atoms with Crippen LogP contribution in [0, 0.1) is 0 Å². The van der Waals surface area contributed by atoms with E-state index >= 15 is 0 Å². The maximum absolute atomic E-state index is 12.2. The zero-order chi connectivity index (χ0) is 11.3. The number of rotatable bonds is 4. The van der Waals surface area contributed by atoms with Crippen molar-refractivity contribution in [2.75, 3.05) is 6.54 Å². The Kier molecular flexibility index (Phi) is 4.42. The van der Waals surface area contributed by atoms with Crippen LogP contribution in [0.1, 0.15) is 26.2 Å². The van der Waals surface area contributed by atoms with Crippen LogP contribution in [0.25, 0.3) is 0 Å². The van der Waals surface area contributed by atoms with Gasteiger partial charge in [0, 0.05) is 13.0 Å². The number of piperidine rings is 1. The van der Waals surface area contributed by atoms with Crippen LogP contribution in [0.2, 0.25) is 0 Å². The van der Waals surface area contributed by atoms with Crippen molar-refractivity contribution in [1.29, 1.82) is 0 Å². The van der Waals surface area contributed by atoms with Crippen LogP contribution in [-0.4, -0.2) is 24.4 Å². The molecule has 0 aromatic heterocycles. The van der Waals surface area contributed by atoms with Crippen LogP contribution in [0.3, 0.4) is 0 Å². The molecule has 0 spiro atoms. The molecule has 1 fully saturated rings. The highest BCUT2D eigenvalue weighted by molar-refractivity contribution is 6.00. The molecule has 0 saturated carbocycles. The first-order valence-corrected chi connectivity index (χ1v) is 5.02. The average Bonchev–Trinajstić information content (AvgIpc) is 2.22. The smallest absolute Gasteiger partial charge is 0.243 e. The minimum absolute atomic E-state index is 0.241. The number of carbonyl (C=O) groups is 2. The standard InChI is InChI=1S/C10H15FN2O2/c1-2-7(5-11)6-12-8-3-4-9(14)13-10(8)15/h5,8,12H,2-4,6H2,1H3,(H,13,14,15)/b7-5-. The van der Waals surface area contributed by atoms with Crippen molar-refractivity contribution in [3.63, 3.8) is 0 Å². The van der Waals surface area contributed by atoms with Crippen LogP contribution < -0.4 is 10.6 Å². The summed E-state index contributed by atoms with van der Waals surface area (Å²) in [5, 5.41) is 5.16. The molecule has 5 heteroatoms. The summed E-state index contributed by atoms with van der Waals surface area (Å²) < 4.78 is 12.2. The number of carbonyl (C=O) groups excluding carboxylic acids is 2. The fourth-order valence-corrected chi connectivity index (χ4v) is 1.38. The van der Waals surface area contributed by atoms with E-state index in [4.69, 9.17) is 0 Å². The molecule has 84 valence electrons. The third-order valence-corrected chi connectivity index (χ3v) is 2.42. The zero-order valence-electron chi connectivity index (χ0n) is 8.68. The van der Waals surface area contributed by atoms with Gasteiger partial charge in [0.1, 0.15) is 0 Å². The third kappa shape index (κ3) is 3.43. The second-order valence-electron chi connectivity index (χ2n) is 3.51. The highest BCUT2D eigenvalue weighted by atomic mass is 19.1. The van der Waals surface area contributed by atoms with Crippen LogP contribution in [-0.2, 0) is 9.59 Å². The summed E-state index contributed by atoms with van der Waals surface area (Å²) in [6, 6.07) is -0.385. The van der Waals surface area contributed by atoms with Gasteiger partial charge >= 0.3 is 0 Å². The largest absolute Gasteiger partial charge is 0.302 e. The highest BCUT2D eigenvalue weighted by Crippen LogP contribution is 2.06. The molecule has 0 radical (unpaired) electrons. The van der Waals surface area contributed by atoms with Gasteiger partial charge in [-0.2, -0.15) is 0 Å². The molecule has 0 aliphatic carbocycles. The summed E-state index contributed by atoms with van der Waals surface area (Å²) in [6.45, 7) is 2.19. The zero-order valence-corrected chi connectivity index (χ0v) is 8.68. The Morgan fingerprint density at radius 3 is 2.93 bits per heavy atom. The third-order valence-electron chi connectivity index (χ3n) is 2.42. The normalized spacial score (nSPS) is 22.8. The summed E-state index contributed by atoms with van der Waals surface area (Å²) in [6.07, 6.45) is 1.98. The van der Waals surface area contributed by atoms with E-state index in [1.807, 2.05) is 6.92 Å². The van der Waals surface area contributed by atoms with Gasteiger partial charge < -0.3 is 5.32 Å². The number of halogens is 1. The Bertz CT molecular complexity index is 289. The fourth-order valence-electron chi connectivity index (χ4n) is 1.38. The molecule has 1 aliphatic rings. The first kappa shape index (κ1) is 11.8. The van der Waals surface area contributed by atoms with Gasteiger partial charge in [-0.25, -0.2) is 4.39 Å². The second kappa shape index (κ2) is 5.60. The molecule has 0 bridgehead atoms. The highest BCUT2D eigenvalue weighted by Gasteiger charge is 2.25. The predicted octanol–water partition coefficient (Wildman–Crippen LogP) is 0.645. The van der Waals surface area contributed by atoms with Gasteiger partial charge in [-0.3, -0.25) is 14.9 Å². The number of amides is 2. The van der Waals surface area contributed by atoms with Crippen molar-refractivity contribution in [1.82, 2.24) is 10.6 Å². The lowest BCUT2D eigenvalue weighted by molar-refractivity contribution is -0.134. The Morgan fingerprint density at radius 2 is 2.40 bits per heavy atom. The molecular weight excluding hydrogens is 199 g/mol. The second-order valence-corrected chi connectivity index (χ2v) is 3.51. The van der Waals surface area contributed by atoms with Crippen molar-refractivity contribution in [3.8, 4) is 0 Å². The molecule has 4 nitrogen and oxygen atoms in total. The number of hydrogen-bond donors (Lipinski definition) is 2. The minimum atomic E-state index is -0.385. The van der Waals surface area contributed by atoms with E-state index in [0.29, 0.717) is 37.7 Å². The maximum atomic E-state index is 12.2. The average molecular weight is 214 g/mol. The Morgan fingerprint density at radius 1 is 1.67 bits per heavy atom. The maximum Gasteiger partial charge on any atom is 0.243 e. The molecule has 1 aliphatic heterocycles. The summed E-state index contributed by atoms with van der Waals surface area (Å²) in [5.41, 5.74) is 0.611. The van der Waals surface area contributed by atoms with Crippen LogP contribution in [0.5, 0.6) is 0 Å². The minimum Gasteiger partial charge on any atom is -0.302 e. The lowest BCUT2D eigenvalue weighted by Gasteiger charge is -2.22. The van der Waals surface area contributed by atoms with E-state index in [2.05, 4.69) is 10.6 Å². The van der Waals surface area contributed by atoms with Crippen molar-refractivity contribution >= 4 is 11.8 Å². The molecule has 1 atom stereocenters. The van der Waals surface area contributed by atoms with Gasteiger partial charge in [0.15, 0.2) is 0 Å². The first-order chi connectivity index (χ1) is 7.17. The van der Waals surface area contributed by atoms with Gasteiger partial charge in [0.05, 0.1) is 12.4 Å². The molecule has 2 N–H and O–H groups in total. The molecule has 0 aromatic rings. The van der Waals surface area contributed by atoms with E-state index in [0.717, 1.165) is 0 Å². The van der Waals surface area contributed by atoms with E-state index in [-0.39, 0.29) is 17.9 Å². The fraction of sp³-hybridized carbons (Fsp3) is 0.600. The molecule has 2 amide bonds. The topological polar surface area (TPSA) is 58.2 Å². The molecule has 1 heterocycles. The van der Waals surface area contributed by atoms with Gasteiger partial charge in [0.2, 0.25) is 11.8 Å². The van der Waals surface area contributed by atoms with Gasteiger partial charge in [-0.15, -0.1) is 0 Å². The Hall–Kier alpha value is -1.23. The molecule has 1 unspecified atom stereocenters. The summed E-state index contributed by atoms with van der Waals surface area (Å²) >= 11 is 0. The van der Waals surface area contributed by atoms with E-state index in [9.17, 15) is 14.0 Å². The van der Waals surface area contributed by atoms with E-state index in [1.54, 1.807) is 0 Å². The van der Waals surface area contributed by atoms with Gasteiger partial charge in [-0.05, 0) is 18.4 Å². The monoisotopic (exact) mass is 214 g/mol. The van der Waals surface area contributed by atoms with E-state index in [1.165, 1.54) is 0 Å².